The molecule has 3 nitrogen and oxygen atoms in total. The lowest BCUT2D eigenvalue weighted by Gasteiger charge is -2.31. The van der Waals surface area contributed by atoms with E-state index in [4.69, 9.17) is 0 Å². The Morgan fingerprint density at radius 2 is 2.31 bits per heavy atom. The molecule has 1 aromatic heterocycles. The Bertz CT molecular complexity index is 286. The monoisotopic (exact) mass is 239 g/mol. The predicted molar refractivity (Wildman–Crippen MR) is 69.8 cm³/mol. The lowest BCUT2D eigenvalue weighted by atomic mass is 9.95. The fourth-order valence-corrected chi connectivity index (χ4v) is 3.37. The highest BCUT2D eigenvalue weighted by molar-refractivity contribution is 7.99. The van der Waals surface area contributed by atoms with Gasteiger partial charge in [0.05, 0.1) is 6.33 Å². The van der Waals surface area contributed by atoms with Crippen LogP contribution in [0.1, 0.15) is 25.7 Å². The molecule has 4 heteroatoms. The molecule has 0 radical (unpaired) electrons. The minimum atomic E-state index is 0.715. The first-order chi connectivity index (χ1) is 7.90. The van der Waals surface area contributed by atoms with E-state index in [1.54, 1.807) is 0 Å². The highest BCUT2D eigenvalue weighted by Gasteiger charge is 2.23. The van der Waals surface area contributed by atoms with Crippen LogP contribution in [-0.4, -0.2) is 33.6 Å². The summed E-state index contributed by atoms with van der Waals surface area (Å²) in [5, 5.41) is 4.51. The molecule has 0 amide bonds. The molecule has 2 unspecified atom stereocenters. The van der Waals surface area contributed by atoms with Crippen molar-refractivity contribution in [1.82, 2.24) is 14.9 Å². The number of thioether (sulfide) groups is 1. The van der Waals surface area contributed by atoms with E-state index in [9.17, 15) is 0 Å². The molecule has 16 heavy (non-hydrogen) atoms. The molecule has 2 atom stereocenters. The van der Waals surface area contributed by atoms with Crippen LogP contribution in [0, 0.1) is 0 Å². The largest absolute Gasteiger partial charge is 0.336 e. The molecule has 1 heterocycles. The van der Waals surface area contributed by atoms with Crippen molar-refractivity contribution in [1.29, 1.82) is 0 Å². The maximum Gasteiger partial charge on any atom is 0.0946 e. The fraction of sp³-hybridized carbons (Fsp3) is 0.750. The van der Waals surface area contributed by atoms with Crippen molar-refractivity contribution in [3.8, 4) is 0 Å². The van der Waals surface area contributed by atoms with Crippen molar-refractivity contribution in [2.24, 2.45) is 0 Å². The summed E-state index contributed by atoms with van der Waals surface area (Å²) < 4.78 is 2.13. The minimum absolute atomic E-state index is 0.715. The number of rotatable bonds is 5. The summed E-state index contributed by atoms with van der Waals surface area (Å²) in [4.78, 5) is 4.05. The van der Waals surface area contributed by atoms with E-state index in [-0.39, 0.29) is 0 Å². The number of nitrogens with zero attached hydrogens (tertiary/aromatic N) is 2. The van der Waals surface area contributed by atoms with Crippen LogP contribution in [0.25, 0.3) is 0 Å². The van der Waals surface area contributed by atoms with Gasteiger partial charge in [0.15, 0.2) is 0 Å². The standard InChI is InChI=1S/C12H21N3S/c1-16-12-5-3-2-4-11(12)14-7-9-15-8-6-13-10-15/h6,8,10-12,14H,2-5,7,9H2,1H3. The zero-order valence-electron chi connectivity index (χ0n) is 9.93. The molecule has 0 spiro atoms. The Labute approximate surface area is 102 Å². The maximum atomic E-state index is 4.05. The fourth-order valence-electron chi connectivity index (χ4n) is 2.41. The molecule has 1 saturated carbocycles. The third kappa shape index (κ3) is 3.25. The van der Waals surface area contributed by atoms with Crippen molar-refractivity contribution >= 4 is 11.8 Å². The highest BCUT2D eigenvalue weighted by atomic mass is 32.2. The first kappa shape index (κ1) is 12.0. The van der Waals surface area contributed by atoms with Gasteiger partial charge < -0.3 is 9.88 Å². The van der Waals surface area contributed by atoms with E-state index < -0.39 is 0 Å². The Hall–Kier alpha value is -0.480. The van der Waals surface area contributed by atoms with Crippen molar-refractivity contribution in [3.63, 3.8) is 0 Å². The number of imidazole rings is 1. The van der Waals surface area contributed by atoms with Gasteiger partial charge in [0.1, 0.15) is 0 Å². The van der Waals surface area contributed by atoms with Crippen LogP contribution in [0.4, 0.5) is 0 Å². The van der Waals surface area contributed by atoms with Gasteiger partial charge in [-0.15, -0.1) is 0 Å². The van der Waals surface area contributed by atoms with Gasteiger partial charge in [-0.2, -0.15) is 11.8 Å². The SMILES string of the molecule is CSC1CCCCC1NCCn1ccnc1. The second-order valence-corrected chi connectivity index (χ2v) is 5.50. The Kier molecular flexibility index (Phi) is 4.72. The summed E-state index contributed by atoms with van der Waals surface area (Å²) in [6, 6.07) is 0.715. The summed E-state index contributed by atoms with van der Waals surface area (Å²) in [5.41, 5.74) is 0. The second-order valence-electron chi connectivity index (χ2n) is 4.42. The summed E-state index contributed by atoms with van der Waals surface area (Å²) in [7, 11) is 0. The molecule has 0 bridgehead atoms. The molecule has 1 N–H and O–H groups in total. The van der Waals surface area contributed by atoms with E-state index >= 15 is 0 Å². The average molecular weight is 239 g/mol. The van der Waals surface area contributed by atoms with E-state index in [2.05, 4.69) is 21.1 Å². The van der Waals surface area contributed by atoms with Gasteiger partial charge >= 0.3 is 0 Å². The van der Waals surface area contributed by atoms with Gasteiger partial charge in [-0.3, -0.25) is 0 Å². The average Bonchev–Trinajstić information content (AvgIpc) is 2.83. The zero-order valence-corrected chi connectivity index (χ0v) is 10.7. The van der Waals surface area contributed by atoms with Crippen LogP contribution in [0.15, 0.2) is 18.7 Å². The zero-order chi connectivity index (χ0) is 11.2. The third-order valence-corrected chi connectivity index (χ3v) is 4.51. The summed E-state index contributed by atoms with van der Waals surface area (Å²) >= 11 is 2.02. The van der Waals surface area contributed by atoms with Crippen molar-refractivity contribution < 1.29 is 0 Å². The molecule has 2 rings (SSSR count). The van der Waals surface area contributed by atoms with Crippen LogP contribution in [0.5, 0.6) is 0 Å². The van der Waals surface area contributed by atoms with Gasteiger partial charge in [-0.1, -0.05) is 12.8 Å². The first-order valence-electron chi connectivity index (χ1n) is 6.12. The van der Waals surface area contributed by atoms with Gasteiger partial charge in [-0.05, 0) is 19.1 Å². The lowest BCUT2D eigenvalue weighted by Crippen LogP contribution is -2.41. The number of aromatic nitrogens is 2. The lowest BCUT2D eigenvalue weighted by molar-refractivity contribution is 0.378. The normalized spacial score (nSPS) is 25.8. The molecular weight excluding hydrogens is 218 g/mol. The maximum absolute atomic E-state index is 4.05. The molecule has 0 aromatic carbocycles. The molecule has 0 saturated heterocycles. The van der Waals surface area contributed by atoms with Crippen LogP contribution >= 0.6 is 11.8 Å². The molecule has 0 aliphatic heterocycles. The van der Waals surface area contributed by atoms with Crippen molar-refractivity contribution in [3.05, 3.63) is 18.7 Å². The summed E-state index contributed by atoms with van der Waals surface area (Å²) in [5.74, 6) is 0. The molecule has 1 aliphatic carbocycles. The molecule has 1 aliphatic rings. The number of hydrogen-bond donors (Lipinski definition) is 1. The number of hydrogen-bond acceptors (Lipinski definition) is 3. The Morgan fingerprint density at radius 3 is 3.06 bits per heavy atom. The second kappa shape index (κ2) is 6.30. The van der Waals surface area contributed by atoms with Gasteiger partial charge in [-0.25, -0.2) is 4.98 Å². The van der Waals surface area contributed by atoms with Gasteiger partial charge in [0.25, 0.3) is 0 Å². The van der Waals surface area contributed by atoms with Gasteiger partial charge in [0.2, 0.25) is 0 Å². The van der Waals surface area contributed by atoms with Crippen LogP contribution in [0.2, 0.25) is 0 Å². The molecule has 1 fully saturated rings. The van der Waals surface area contributed by atoms with Crippen molar-refractivity contribution in [2.45, 2.75) is 43.5 Å². The topological polar surface area (TPSA) is 29.9 Å². The summed E-state index contributed by atoms with van der Waals surface area (Å²) in [6.45, 7) is 2.08. The third-order valence-electron chi connectivity index (χ3n) is 3.34. The quantitative estimate of drug-likeness (QED) is 0.854. The minimum Gasteiger partial charge on any atom is -0.336 e. The number of nitrogens with one attached hydrogen (secondary N) is 1. The van der Waals surface area contributed by atoms with E-state index in [1.807, 2.05) is 30.5 Å². The highest BCUT2D eigenvalue weighted by Crippen LogP contribution is 2.26. The first-order valence-corrected chi connectivity index (χ1v) is 7.41. The Balaban J connectivity index is 1.71. The van der Waals surface area contributed by atoms with Gasteiger partial charge in [0, 0.05) is 36.8 Å². The smallest absolute Gasteiger partial charge is 0.0946 e. The Morgan fingerprint density at radius 1 is 1.44 bits per heavy atom. The van der Waals surface area contributed by atoms with E-state index in [0.29, 0.717) is 6.04 Å². The van der Waals surface area contributed by atoms with Crippen LogP contribution in [-0.2, 0) is 6.54 Å². The van der Waals surface area contributed by atoms with Crippen LogP contribution < -0.4 is 5.32 Å². The molecular formula is C12H21N3S. The van der Waals surface area contributed by atoms with E-state index in [0.717, 1.165) is 18.3 Å². The summed E-state index contributed by atoms with van der Waals surface area (Å²) in [6.07, 6.45) is 13.5. The van der Waals surface area contributed by atoms with Crippen LogP contribution in [0.3, 0.4) is 0 Å². The van der Waals surface area contributed by atoms with Crippen molar-refractivity contribution in [2.75, 3.05) is 12.8 Å². The van der Waals surface area contributed by atoms with E-state index in [1.165, 1.54) is 25.7 Å². The molecule has 90 valence electrons. The molecule has 1 aromatic rings. The predicted octanol–water partition coefficient (Wildman–Crippen LogP) is 2.15.